The average Bonchev–Trinajstić information content (AvgIpc) is 2.84. The predicted molar refractivity (Wildman–Crippen MR) is 128 cm³/mol. The van der Waals surface area contributed by atoms with E-state index >= 15 is 0 Å². The van der Waals surface area contributed by atoms with Crippen molar-refractivity contribution in [2.45, 2.75) is 20.0 Å². The number of pyridine rings is 1. The largest absolute Gasteiger partial charge is 0.481 e. The smallest absolute Gasteiger partial charge is 0.335 e. The van der Waals surface area contributed by atoms with E-state index in [9.17, 15) is 9.59 Å². The van der Waals surface area contributed by atoms with E-state index in [1.807, 2.05) is 12.1 Å². The van der Waals surface area contributed by atoms with Gasteiger partial charge in [-0.3, -0.25) is 9.55 Å². The molecule has 0 radical (unpaired) electrons. The van der Waals surface area contributed by atoms with Gasteiger partial charge in [0.2, 0.25) is 11.5 Å². The summed E-state index contributed by atoms with van der Waals surface area (Å²) < 4.78 is 13.4. The van der Waals surface area contributed by atoms with Gasteiger partial charge in [-0.1, -0.05) is 23.7 Å². The molecule has 0 fully saturated rings. The van der Waals surface area contributed by atoms with Gasteiger partial charge in [0, 0.05) is 17.6 Å². The molecule has 0 saturated carbocycles. The minimum absolute atomic E-state index is 0.141. The van der Waals surface area contributed by atoms with Crippen molar-refractivity contribution in [3.63, 3.8) is 0 Å². The number of hydrogen-bond acceptors (Lipinski definition) is 6. The van der Waals surface area contributed by atoms with Crippen LogP contribution in [0.15, 0.2) is 81.4 Å². The van der Waals surface area contributed by atoms with E-state index in [0.717, 1.165) is 10.1 Å². The Balaban J connectivity index is 1.67. The summed E-state index contributed by atoms with van der Waals surface area (Å²) in [5, 5.41) is 0.596. The van der Waals surface area contributed by atoms with Gasteiger partial charge in [0.05, 0.1) is 25.5 Å². The second-order valence-electron chi connectivity index (χ2n) is 7.24. The molecule has 0 spiro atoms. The fourth-order valence-corrected chi connectivity index (χ4v) is 3.36. The highest BCUT2D eigenvalue weighted by Crippen LogP contribution is 2.24. The first-order chi connectivity index (χ1) is 16.5. The Bertz CT molecular complexity index is 1450. The van der Waals surface area contributed by atoms with Crippen LogP contribution in [0, 0.1) is 0 Å². The number of nitrogens with zero attached hydrogens (tertiary/aromatic N) is 4. The molecule has 9 nitrogen and oxygen atoms in total. The van der Waals surface area contributed by atoms with Gasteiger partial charge in [0.15, 0.2) is 0 Å². The fraction of sp³-hybridized carbons (Fsp3) is 0.167. The highest BCUT2D eigenvalue weighted by Gasteiger charge is 2.09. The van der Waals surface area contributed by atoms with Crippen molar-refractivity contribution in [2.24, 2.45) is 4.99 Å². The first-order valence-electron chi connectivity index (χ1n) is 10.5. The van der Waals surface area contributed by atoms with Gasteiger partial charge < -0.3 is 9.47 Å². The molecule has 0 aliphatic rings. The average molecular weight is 480 g/mol. The maximum absolute atomic E-state index is 13.0. The zero-order valence-corrected chi connectivity index (χ0v) is 19.3. The van der Waals surface area contributed by atoms with E-state index in [4.69, 9.17) is 21.1 Å². The second-order valence-corrected chi connectivity index (χ2v) is 7.67. The summed E-state index contributed by atoms with van der Waals surface area (Å²) in [4.78, 5) is 36.7. The van der Waals surface area contributed by atoms with E-state index in [-0.39, 0.29) is 18.7 Å². The van der Waals surface area contributed by atoms with Crippen molar-refractivity contribution >= 4 is 17.3 Å². The van der Waals surface area contributed by atoms with Crippen LogP contribution in [0.2, 0.25) is 5.02 Å². The number of methoxy groups -OCH3 is 1. The molecule has 0 aliphatic heterocycles. The molecule has 2 heterocycles. The summed E-state index contributed by atoms with van der Waals surface area (Å²) in [5.41, 5.74) is 0.545. The van der Waals surface area contributed by atoms with Gasteiger partial charge >= 0.3 is 11.4 Å². The number of aromatic amines is 1. The zero-order chi connectivity index (χ0) is 24.1. The third-order valence-electron chi connectivity index (χ3n) is 4.98. The highest BCUT2D eigenvalue weighted by molar-refractivity contribution is 6.30. The molecular weight excluding hydrogens is 458 g/mol. The van der Waals surface area contributed by atoms with Crippen LogP contribution in [-0.4, -0.2) is 26.2 Å². The van der Waals surface area contributed by atoms with Crippen LogP contribution in [0.25, 0.3) is 0 Å². The SMILES string of the molecule is CCn1c(=O)[nH]/c(=N\c2ccc(Oc3ccc(OC)nc3)cc2)n(Cc2ccc(Cl)cc2)c1=O. The Hall–Kier alpha value is -4.11. The fourth-order valence-electron chi connectivity index (χ4n) is 3.23. The third kappa shape index (κ3) is 5.26. The Morgan fingerprint density at radius 2 is 1.68 bits per heavy atom. The van der Waals surface area contributed by atoms with E-state index in [1.54, 1.807) is 68.8 Å². The molecule has 174 valence electrons. The van der Waals surface area contributed by atoms with Gasteiger partial charge in [-0.25, -0.2) is 24.1 Å². The first-order valence-corrected chi connectivity index (χ1v) is 10.9. The van der Waals surface area contributed by atoms with Crippen molar-refractivity contribution in [3.05, 3.63) is 104 Å². The molecule has 0 aliphatic carbocycles. The van der Waals surface area contributed by atoms with Gasteiger partial charge in [-0.15, -0.1) is 0 Å². The van der Waals surface area contributed by atoms with Gasteiger partial charge in [0.1, 0.15) is 11.5 Å². The van der Waals surface area contributed by atoms with Crippen LogP contribution < -0.4 is 26.5 Å². The Morgan fingerprint density at radius 3 is 2.29 bits per heavy atom. The molecule has 2 aromatic carbocycles. The van der Waals surface area contributed by atoms with Crippen LogP contribution in [0.1, 0.15) is 12.5 Å². The van der Waals surface area contributed by atoms with E-state index in [1.165, 1.54) is 4.57 Å². The monoisotopic (exact) mass is 479 g/mol. The molecule has 10 heteroatoms. The molecule has 0 bridgehead atoms. The van der Waals surface area contributed by atoms with E-state index in [2.05, 4.69) is 15.0 Å². The Kier molecular flexibility index (Phi) is 6.93. The van der Waals surface area contributed by atoms with Crippen LogP contribution in [0.4, 0.5) is 5.69 Å². The lowest BCUT2D eigenvalue weighted by molar-refractivity contribution is 0.395. The molecular formula is C24H22ClN5O4. The van der Waals surface area contributed by atoms with Gasteiger partial charge in [-0.2, -0.15) is 0 Å². The third-order valence-corrected chi connectivity index (χ3v) is 5.23. The minimum atomic E-state index is -0.523. The molecule has 34 heavy (non-hydrogen) atoms. The van der Waals surface area contributed by atoms with Crippen LogP contribution in [0.3, 0.4) is 0 Å². The van der Waals surface area contributed by atoms with Crippen molar-refractivity contribution in [3.8, 4) is 17.4 Å². The van der Waals surface area contributed by atoms with Crippen molar-refractivity contribution in [1.29, 1.82) is 0 Å². The summed E-state index contributed by atoms with van der Waals surface area (Å²) in [6.45, 7) is 2.19. The number of halogens is 1. The lowest BCUT2D eigenvalue weighted by atomic mass is 10.2. The number of nitrogens with one attached hydrogen (secondary N) is 1. The van der Waals surface area contributed by atoms with Crippen molar-refractivity contribution in [2.75, 3.05) is 7.11 Å². The maximum Gasteiger partial charge on any atom is 0.335 e. The molecule has 2 aromatic heterocycles. The molecule has 0 unspecified atom stereocenters. The van der Waals surface area contributed by atoms with Crippen LogP contribution >= 0.6 is 11.6 Å². The van der Waals surface area contributed by atoms with Gasteiger partial charge in [0.25, 0.3) is 0 Å². The minimum Gasteiger partial charge on any atom is -0.481 e. The zero-order valence-electron chi connectivity index (χ0n) is 18.6. The molecule has 4 aromatic rings. The molecule has 0 amide bonds. The maximum atomic E-state index is 13.0. The normalized spacial score (nSPS) is 11.4. The first kappa shape index (κ1) is 23.1. The summed E-state index contributed by atoms with van der Waals surface area (Å²) >= 11 is 5.97. The lowest BCUT2D eigenvalue weighted by Gasteiger charge is -2.10. The summed E-state index contributed by atoms with van der Waals surface area (Å²) in [6, 6.07) is 17.5. The number of ether oxygens (including phenoxy) is 2. The lowest BCUT2D eigenvalue weighted by Crippen LogP contribution is -2.49. The summed E-state index contributed by atoms with van der Waals surface area (Å²) in [6.07, 6.45) is 1.56. The van der Waals surface area contributed by atoms with Crippen molar-refractivity contribution in [1.82, 2.24) is 19.1 Å². The molecule has 0 atom stereocenters. The quantitative estimate of drug-likeness (QED) is 0.437. The standard InChI is InChI=1S/C24H22ClN5O4/c1-3-29-23(31)28-22(30(24(29)32)15-16-4-6-17(25)7-5-16)27-18-8-10-19(11-9-18)34-20-12-13-21(33-2)26-14-20/h4-14H,3,15H2,1-2H3,(H,27,28,31). The number of hydrogen-bond donors (Lipinski definition) is 1. The Morgan fingerprint density at radius 1 is 0.971 bits per heavy atom. The highest BCUT2D eigenvalue weighted by atomic mass is 35.5. The van der Waals surface area contributed by atoms with Crippen LogP contribution in [0.5, 0.6) is 17.4 Å². The number of H-pyrrole nitrogens is 1. The second kappa shape index (κ2) is 10.2. The molecule has 4 rings (SSSR count). The van der Waals surface area contributed by atoms with Crippen LogP contribution in [-0.2, 0) is 13.1 Å². The number of rotatable bonds is 7. The van der Waals surface area contributed by atoms with Gasteiger partial charge in [-0.05, 0) is 55.0 Å². The summed E-state index contributed by atoms with van der Waals surface area (Å²) in [7, 11) is 1.54. The predicted octanol–water partition coefficient (Wildman–Crippen LogP) is 3.49. The number of benzene rings is 2. The molecule has 1 N–H and O–H groups in total. The summed E-state index contributed by atoms with van der Waals surface area (Å²) in [5.74, 6) is 1.63. The number of aromatic nitrogens is 4. The van der Waals surface area contributed by atoms with E-state index < -0.39 is 11.4 Å². The molecule has 0 saturated heterocycles. The Labute approximate surface area is 199 Å². The van der Waals surface area contributed by atoms with Crippen molar-refractivity contribution < 1.29 is 9.47 Å². The van der Waals surface area contributed by atoms with E-state index in [0.29, 0.717) is 28.1 Å². The topological polar surface area (TPSA) is 104 Å².